The Morgan fingerprint density at radius 1 is 1.35 bits per heavy atom. The fourth-order valence-corrected chi connectivity index (χ4v) is 5.59. The topological polar surface area (TPSA) is 57.6 Å². The van der Waals surface area contributed by atoms with E-state index in [4.69, 9.17) is 0 Å². The standard InChI is InChI=1S/C11H17NO3S2/c1-7(2)9(13)12-6-11(16-3-4-17-11)5-8(12)10(14)15/h7-8H,3-6H2,1-2H3,(H,14,15)/t8-/m0/s1. The summed E-state index contributed by atoms with van der Waals surface area (Å²) in [7, 11) is 0. The number of carboxylic acid groups (broad SMARTS) is 1. The zero-order valence-corrected chi connectivity index (χ0v) is 11.6. The monoisotopic (exact) mass is 275 g/mol. The number of thioether (sulfide) groups is 2. The summed E-state index contributed by atoms with van der Waals surface area (Å²) in [6.45, 7) is 4.22. The highest BCUT2D eigenvalue weighted by molar-refractivity contribution is 8.21. The van der Waals surface area contributed by atoms with Gasteiger partial charge in [-0.15, -0.1) is 23.5 Å². The van der Waals surface area contributed by atoms with Crippen molar-refractivity contribution in [3.63, 3.8) is 0 Å². The maximum Gasteiger partial charge on any atom is 0.326 e. The number of carboxylic acids is 1. The van der Waals surface area contributed by atoms with E-state index in [1.807, 2.05) is 37.4 Å². The van der Waals surface area contributed by atoms with Gasteiger partial charge in [-0.2, -0.15) is 0 Å². The van der Waals surface area contributed by atoms with Gasteiger partial charge in [-0.05, 0) is 0 Å². The molecule has 1 amide bonds. The molecule has 0 unspecified atom stereocenters. The van der Waals surface area contributed by atoms with Crippen LogP contribution in [0.1, 0.15) is 20.3 Å². The van der Waals surface area contributed by atoms with Crippen LogP contribution in [0, 0.1) is 5.92 Å². The Kier molecular flexibility index (Phi) is 3.63. The molecule has 0 aromatic heterocycles. The summed E-state index contributed by atoms with van der Waals surface area (Å²) >= 11 is 3.62. The summed E-state index contributed by atoms with van der Waals surface area (Å²) in [6.07, 6.45) is 0.579. The fraction of sp³-hybridized carbons (Fsp3) is 0.818. The maximum absolute atomic E-state index is 12.0. The summed E-state index contributed by atoms with van der Waals surface area (Å²) in [6, 6.07) is -0.636. The Labute approximate surface area is 110 Å². The minimum absolute atomic E-state index is 0.0395. The molecular weight excluding hydrogens is 258 g/mol. The third-order valence-electron chi connectivity index (χ3n) is 3.17. The van der Waals surface area contributed by atoms with Gasteiger partial charge in [-0.25, -0.2) is 4.79 Å². The summed E-state index contributed by atoms with van der Waals surface area (Å²) in [4.78, 5) is 24.9. The van der Waals surface area contributed by atoms with Crippen LogP contribution in [0.3, 0.4) is 0 Å². The number of likely N-dealkylation sites (tertiary alicyclic amines) is 1. The molecule has 2 saturated heterocycles. The molecule has 2 heterocycles. The van der Waals surface area contributed by atoms with E-state index in [0.717, 1.165) is 11.5 Å². The smallest absolute Gasteiger partial charge is 0.326 e. The first-order chi connectivity index (χ1) is 7.95. The van der Waals surface area contributed by atoms with Gasteiger partial charge < -0.3 is 10.0 Å². The summed E-state index contributed by atoms with van der Waals surface area (Å²) < 4.78 is -0.0619. The van der Waals surface area contributed by atoms with Crippen molar-refractivity contribution in [2.24, 2.45) is 5.92 Å². The molecular formula is C11H17NO3S2. The van der Waals surface area contributed by atoms with E-state index >= 15 is 0 Å². The average molecular weight is 275 g/mol. The highest BCUT2D eigenvalue weighted by atomic mass is 32.2. The lowest BCUT2D eigenvalue weighted by molar-refractivity contribution is -0.149. The van der Waals surface area contributed by atoms with Gasteiger partial charge in [0.05, 0.1) is 4.08 Å². The van der Waals surface area contributed by atoms with Crippen molar-refractivity contribution in [3.8, 4) is 0 Å². The summed E-state index contributed by atoms with van der Waals surface area (Å²) in [5, 5.41) is 9.25. The first kappa shape index (κ1) is 13.1. The van der Waals surface area contributed by atoms with Gasteiger partial charge in [0.2, 0.25) is 5.91 Å². The predicted molar refractivity (Wildman–Crippen MR) is 70.2 cm³/mol. The van der Waals surface area contributed by atoms with Crippen molar-refractivity contribution in [1.29, 1.82) is 0 Å². The van der Waals surface area contributed by atoms with Crippen molar-refractivity contribution in [2.45, 2.75) is 30.4 Å². The van der Waals surface area contributed by atoms with Crippen LogP contribution < -0.4 is 0 Å². The number of rotatable bonds is 2. The van der Waals surface area contributed by atoms with Gasteiger partial charge in [-0.3, -0.25) is 4.79 Å². The molecule has 0 aromatic carbocycles. The van der Waals surface area contributed by atoms with Gasteiger partial charge in [-0.1, -0.05) is 13.8 Å². The van der Waals surface area contributed by atoms with E-state index in [-0.39, 0.29) is 15.9 Å². The minimum Gasteiger partial charge on any atom is -0.480 e. The molecule has 0 aromatic rings. The van der Waals surface area contributed by atoms with E-state index in [0.29, 0.717) is 13.0 Å². The molecule has 0 radical (unpaired) electrons. The number of carbonyl (C=O) groups excluding carboxylic acids is 1. The van der Waals surface area contributed by atoms with E-state index in [2.05, 4.69) is 0 Å². The van der Waals surface area contributed by atoms with Crippen molar-refractivity contribution in [2.75, 3.05) is 18.1 Å². The second-order valence-corrected chi connectivity index (χ2v) is 8.00. The predicted octanol–water partition coefficient (Wildman–Crippen LogP) is 1.50. The largest absolute Gasteiger partial charge is 0.480 e. The first-order valence-corrected chi connectivity index (χ1v) is 7.73. The molecule has 4 nitrogen and oxygen atoms in total. The Bertz CT molecular complexity index is 340. The molecule has 0 saturated carbocycles. The van der Waals surface area contributed by atoms with Crippen LogP contribution in [0.25, 0.3) is 0 Å². The van der Waals surface area contributed by atoms with Crippen LogP contribution in [0.2, 0.25) is 0 Å². The fourth-order valence-electron chi connectivity index (χ4n) is 2.33. The first-order valence-electron chi connectivity index (χ1n) is 5.76. The van der Waals surface area contributed by atoms with Gasteiger partial charge in [0.15, 0.2) is 0 Å². The number of hydrogen-bond acceptors (Lipinski definition) is 4. The number of aliphatic carboxylic acids is 1. The molecule has 1 N–H and O–H groups in total. The SMILES string of the molecule is CC(C)C(=O)N1CC2(C[C@H]1C(=O)O)SCCS2. The number of hydrogen-bond donors (Lipinski definition) is 1. The number of amides is 1. The van der Waals surface area contributed by atoms with E-state index in [1.54, 1.807) is 4.90 Å². The van der Waals surface area contributed by atoms with Crippen LogP contribution in [0.5, 0.6) is 0 Å². The zero-order valence-electron chi connectivity index (χ0n) is 10.0. The van der Waals surface area contributed by atoms with E-state index in [1.165, 1.54) is 0 Å². The van der Waals surface area contributed by atoms with Crippen molar-refractivity contribution in [1.82, 2.24) is 4.90 Å². The minimum atomic E-state index is -0.871. The lowest BCUT2D eigenvalue weighted by Crippen LogP contribution is -2.42. The summed E-state index contributed by atoms with van der Waals surface area (Å²) in [5.74, 6) is 1.07. The molecule has 0 bridgehead atoms. The number of nitrogens with zero attached hydrogens (tertiary/aromatic N) is 1. The lowest BCUT2D eigenvalue weighted by Gasteiger charge is -2.24. The zero-order chi connectivity index (χ0) is 12.6. The van der Waals surface area contributed by atoms with Crippen LogP contribution in [-0.2, 0) is 9.59 Å². The van der Waals surface area contributed by atoms with Crippen molar-refractivity contribution in [3.05, 3.63) is 0 Å². The third kappa shape index (κ3) is 2.42. The maximum atomic E-state index is 12.0. The summed E-state index contributed by atoms with van der Waals surface area (Å²) in [5.41, 5.74) is 0. The quantitative estimate of drug-likeness (QED) is 0.827. The molecule has 17 heavy (non-hydrogen) atoms. The third-order valence-corrected chi connectivity index (χ3v) is 6.59. The number of carbonyl (C=O) groups is 2. The highest BCUT2D eigenvalue weighted by Crippen LogP contribution is 2.51. The molecule has 1 atom stereocenters. The van der Waals surface area contributed by atoms with Crippen LogP contribution in [0.4, 0.5) is 0 Å². The molecule has 2 fully saturated rings. The molecule has 0 aliphatic carbocycles. The Morgan fingerprint density at radius 2 is 1.94 bits per heavy atom. The second kappa shape index (κ2) is 4.72. The molecule has 2 aliphatic rings. The molecule has 2 rings (SSSR count). The van der Waals surface area contributed by atoms with Gasteiger partial charge >= 0.3 is 5.97 Å². The molecule has 96 valence electrons. The average Bonchev–Trinajstić information content (AvgIpc) is 2.86. The Morgan fingerprint density at radius 3 is 2.41 bits per heavy atom. The Hall–Kier alpha value is -0.360. The molecule has 1 spiro atoms. The lowest BCUT2D eigenvalue weighted by atomic mass is 10.1. The molecule has 2 aliphatic heterocycles. The van der Waals surface area contributed by atoms with Crippen molar-refractivity contribution >= 4 is 35.4 Å². The van der Waals surface area contributed by atoms with Gasteiger partial charge in [0.25, 0.3) is 0 Å². The Balaban J connectivity index is 2.18. The van der Waals surface area contributed by atoms with Crippen LogP contribution in [-0.4, -0.2) is 50.1 Å². The van der Waals surface area contributed by atoms with Gasteiger partial charge in [0, 0.05) is 30.4 Å². The van der Waals surface area contributed by atoms with Crippen LogP contribution >= 0.6 is 23.5 Å². The second-order valence-electron chi connectivity index (χ2n) is 4.79. The van der Waals surface area contributed by atoms with E-state index in [9.17, 15) is 14.7 Å². The van der Waals surface area contributed by atoms with Gasteiger partial charge in [0.1, 0.15) is 6.04 Å². The normalized spacial score (nSPS) is 27.0. The van der Waals surface area contributed by atoms with E-state index < -0.39 is 12.0 Å². The highest BCUT2D eigenvalue weighted by Gasteiger charge is 2.51. The van der Waals surface area contributed by atoms with Crippen molar-refractivity contribution < 1.29 is 14.7 Å². The van der Waals surface area contributed by atoms with Crippen LogP contribution in [0.15, 0.2) is 0 Å². The molecule has 6 heteroatoms.